The number of amides is 1. The smallest absolute Gasteiger partial charge is 0.410 e. The van der Waals surface area contributed by atoms with Crippen molar-refractivity contribution in [1.29, 1.82) is 0 Å². The highest BCUT2D eigenvalue weighted by atomic mass is 35.5. The quantitative estimate of drug-likeness (QED) is 0.520. The second-order valence-electron chi connectivity index (χ2n) is 8.53. The van der Waals surface area contributed by atoms with Crippen LogP contribution in [0.4, 0.5) is 16.6 Å². The summed E-state index contributed by atoms with van der Waals surface area (Å²) in [4.78, 5) is 37.5. The van der Waals surface area contributed by atoms with E-state index < -0.39 is 12.1 Å². The van der Waals surface area contributed by atoms with E-state index in [0.717, 1.165) is 18.4 Å². The van der Waals surface area contributed by atoms with Crippen LogP contribution in [0.25, 0.3) is 0 Å². The maximum Gasteiger partial charge on any atom is 0.410 e. The minimum absolute atomic E-state index is 0.133. The second kappa shape index (κ2) is 9.82. The van der Waals surface area contributed by atoms with Crippen molar-refractivity contribution in [3.05, 3.63) is 47.1 Å². The maximum absolute atomic E-state index is 13.0. The number of hydrogen-bond acceptors (Lipinski definition) is 8. The van der Waals surface area contributed by atoms with Crippen molar-refractivity contribution < 1.29 is 19.1 Å². The Bertz CT molecular complexity index is 977. The number of nitrogens with zero attached hydrogens (tertiary/aromatic N) is 4. The lowest BCUT2D eigenvalue weighted by atomic mass is 9.76. The zero-order chi connectivity index (χ0) is 23.4. The number of benzene rings is 1. The van der Waals surface area contributed by atoms with Gasteiger partial charge < -0.3 is 20.1 Å². The van der Waals surface area contributed by atoms with Crippen LogP contribution >= 0.6 is 11.6 Å². The molecule has 0 radical (unpaired) electrons. The minimum atomic E-state index is -0.649. The molecule has 33 heavy (non-hydrogen) atoms. The molecule has 1 unspecified atom stereocenters. The Kier molecular flexibility index (Phi) is 6.88. The Hall–Kier alpha value is -3.07. The van der Waals surface area contributed by atoms with Crippen molar-refractivity contribution in [3.63, 3.8) is 0 Å². The summed E-state index contributed by atoms with van der Waals surface area (Å²) >= 11 is 6.03. The number of likely N-dealkylation sites (tertiary alicyclic amines) is 1. The molecule has 10 heteroatoms. The Balaban J connectivity index is 1.44. The number of esters is 1. The third-order valence-electron chi connectivity index (χ3n) is 6.35. The number of carbonyl (C=O) groups excluding carboxylic acids is 2. The lowest BCUT2D eigenvalue weighted by molar-refractivity contribution is -0.148. The Labute approximate surface area is 197 Å². The van der Waals surface area contributed by atoms with Gasteiger partial charge in [-0.25, -0.2) is 14.6 Å². The third kappa shape index (κ3) is 5.30. The monoisotopic (exact) mass is 473 g/mol. The first kappa shape index (κ1) is 23.1. The molecule has 1 aromatic carbocycles. The molecule has 2 aliphatic heterocycles. The molecule has 3 heterocycles. The zero-order valence-electron chi connectivity index (χ0n) is 18.6. The summed E-state index contributed by atoms with van der Waals surface area (Å²) in [6.45, 7) is 4.04. The molecule has 2 aliphatic rings. The van der Waals surface area contributed by atoms with Gasteiger partial charge in [-0.15, -0.1) is 0 Å². The molecular formula is C23H28ClN5O4. The molecule has 1 aromatic heterocycles. The number of halogens is 1. The van der Waals surface area contributed by atoms with Gasteiger partial charge >= 0.3 is 12.1 Å². The first-order chi connectivity index (χ1) is 15.9. The normalized spacial score (nSPS) is 19.5. The highest BCUT2D eigenvalue weighted by Crippen LogP contribution is 2.44. The molecule has 176 valence electrons. The van der Waals surface area contributed by atoms with Crippen LogP contribution in [0.15, 0.2) is 36.4 Å². The minimum Gasteiger partial charge on any atom is -0.464 e. The summed E-state index contributed by atoms with van der Waals surface area (Å²) < 4.78 is 10.8. The summed E-state index contributed by atoms with van der Waals surface area (Å²) in [5.41, 5.74) is 6.44. The van der Waals surface area contributed by atoms with Crippen molar-refractivity contribution in [1.82, 2.24) is 14.9 Å². The summed E-state index contributed by atoms with van der Waals surface area (Å²) in [6, 6.07) is 10.5. The van der Waals surface area contributed by atoms with Gasteiger partial charge in [-0.3, -0.25) is 4.90 Å². The van der Waals surface area contributed by atoms with Crippen LogP contribution in [-0.2, 0) is 20.9 Å². The van der Waals surface area contributed by atoms with E-state index in [-0.39, 0.29) is 30.5 Å². The first-order valence-corrected chi connectivity index (χ1v) is 11.5. The fourth-order valence-electron chi connectivity index (χ4n) is 4.66. The fourth-order valence-corrected chi connectivity index (χ4v) is 4.84. The number of anilines is 2. The van der Waals surface area contributed by atoms with E-state index in [4.69, 9.17) is 26.8 Å². The summed E-state index contributed by atoms with van der Waals surface area (Å²) in [5, 5.41) is 0.299. The van der Waals surface area contributed by atoms with Crippen LogP contribution in [0, 0.1) is 5.41 Å². The van der Waals surface area contributed by atoms with Gasteiger partial charge in [0.05, 0.1) is 6.61 Å². The van der Waals surface area contributed by atoms with Gasteiger partial charge in [0.25, 0.3) is 0 Å². The molecule has 1 atom stereocenters. The van der Waals surface area contributed by atoms with E-state index in [1.807, 2.05) is 30.3 Å². The zero-order valence-corrected chi connectivity index (χ0v) is 19.3. The lowest BCUT2D eigenvalue weighted by Crippen LogP contribution is -2.43. The lowest BCUT2D eigenvalue weighted by Gasteiger charge is -2.39. The third-order valence-corrected chi connectivity index (χ3v) is 6.55. The van der Waals surface area contributed by atoms with Gasteiger partial charge in [0.1, 0.15) is 23.6 Å². The van der Waals surface area contributed by atoms with E-state index >= 15 is 0 Å². The number of rotatable bonds is 5. The van der Waals surface area contributed by atoms with Gasteiger partial charge in [0.15, 0.2) is 0 Å². The molecule has 4 rings (SSSR count). The van der Waals surface area contributed by atoms with Crippen molar-refractivity contribution in [3.8, 4) is 0 Å². The standard InChI is InChI=1S/C23H28ClN5O4/c1-2-32-20(30)17-13-23(15-29(17)22(31)33-14-16-6-4-3-5-7-16)8-10-28(11-9-23)19-12-18(24)26-21(25)27-19/h3-7,12,17H,2,8-11,13-15H2,1H3,(H2,25,26,27). The number of hydrogen-bond donors (Lipinski definition) is 1. The summed E-state index contributed by atoms with van der Waals surface area (Å²) in [7, 11) is 0. The van der Waals surface area contributed by atoms with Crippen LogP contribution in [-0.4, -0.2) is 59.2 Å². The van der Waals surface area contributed by atoms with Crippen molar-refractivity contribution >= 4 is 35.4 Å². The van der Waals surface area contributed by atoms with E-state index in [1.165, 1.54) is 4.90 Å². The van der Waals surface area contributed by atoms with Crippen molar-refractivity contribution in [2.24, 2.45) is 5.41 Å². The Morgan fingerprint density at radius 1 is 1.18 bits per heavy atom. The average molecular weight is 474 g/mol. The van der Waals surface area contributed by atoms with Gasteiger partial charge in [0, 0.05) is 25.7 Å². The number of aromatic nitrogens is 2. The topological polar surface area (TPSA) is 111 Å². The number of ether oxygens (including phenoxy) is 2. The highest BCUT2D eigenvalue weighted by Gasteiger charge is 2.51. The molecular weight excluding hydrogens is 446 g/mol. The summed E-state index contributed by atoms with van der Waals surface area (Å²) in [5.74, 6) is 0.429. The molecule has 1 amide bonds. The number of nitrogens with two attached hydrogens (primary N) is 1. The van der Waals surface area contributed by atoms with Gasteiger partial charge in [-0.1, -0.05) is 41.9 Å². The van der Waals surface area contributed by atoms with Crippen molar-refractivity contribution in [2.45, 2.75) is 38.8 Å². The second-order valence-corrected chi connectivity index (χ2v) is 8.92. The fraction of sp³-hybridized carbons (Fsp3) is 0.478. The number of piperidine rings is 1. The molecule has 2 fully saturated rings. The Morgan fingerprint density at radius 3 is 2.58 bits per heavy atom. The van der Waals surface area contributed by atoms with Gasteiger partial charge in [-0.2, -0.15) is 4.98 Å². The van der Waals surface area contributed by atoms with Gasteiger partial charge in [-0.05, 0) is 37.2 Å². The van der Waals surface area contributed by atoms with E-state index in [9.17, 15) is 9.59 Å². The van der Waals surface area contributed by atoms with Gasteiger partial charge in [0.2, 0.25) is 5.95 Å². The highest BCUT2D eigenvalue weighted by molar-refractivity contribution is 6.29. The van der Waals surface area contributed by atoms with E-state index in [2.05, 4.69) is 14.9 Å². The van der Waals surface area contributed by atoms with Crippen LogP contribution in [0.1, 0.15) is 31.7 Å². The predicted octanol–water partition coefficient (Wildman–Crippen LogP) is 3.27. The molecule has 2 N–H and O–H groups in total. The molecule has 0 aliphatic carbocycles. The molecule has 1 spiro atoms. The summed E-state index contributed by atoms with van der Waals surface area (Å²) in [6.07, 6.45) is 1.62. The molecule has 2 saturated heterocycles. The Morgan fingerprint density at radius 2 is 1.91 bits per heavy atom. The average Bonchev–Trinajstić information content (AvgIpc) is 3.17. The van der Waals surface area contributed by atoms with E-state index in [1.54, 1.807) is 13.0 Å². The largest absolute Gasteiger partial charge is 0.464 e. The number of carbonyl (C=O) groups is 2. The van der Waals surface area contributed by atoms with E-state index in [0.29, 0.717) is 37.0 Å². The molecule has 2 aromatic rings. The maximum atomic E-state index is 13.0. The van der Waals surface area contributed by atoms with Crippen LogP contribution < -0.4 is 10.6 Å². The van der Waals surface area contributed by atoms with Crippen molar-refractivity contribution in [2.75, 3.05) is 36.9 Å². The first-order valence-electron chi connectivity index (χ1n) is 11.1. The van der Waals surface area contributed by atoms with Crippen LogP contribution in [0.3, 0.4) is 0 Å². The predicted molar refractivity (Wildman–Crippen MR) is 124 cm³/mol. The molecule has 0 saturated carbocycles. The van der Waals surface area contributed by atoms with Crippen LogP contribution in [0.2, 0.25) is 5.15 Å². The van der Waals surface area contributed by atoms with Crippen LogP contribution in [0.5, 0.6) is 0 Å². The molecule has 0 bridgehead atoms. The molecule has 9 nitrogen and oxygen atoms in total. The number of nitrogen functional groups attached to an aromatic ring is 1. The SMILES string of the molecule is CCOC(=O)C1CC2(CCN(c3cc(Cl)nc(N)n3)CC2)CN1C(=O)OCc1ccccc1.